The van der Waals surface area contributed by atoms with Gasteiger partial charge in [-0.15, -0.1) is 0 Å². The molecule has 1 rings (SSSR count). The van der Waals surface area contributed by atoms with Crippen LogP contribution in [0.2, 0.25) is 0 Å². The zero-order valence-corrected chi connectivity index (χ0v) is 8.95. The van der Waals surface area contributed by atoms with Crippen LogP contribution < -0.4 is 0 Å². The van der Waals surface area contributed by atoms with E-state index in [1.165, 1.54) is 7.11 Å². The highest BCUT2D eigenvalue weighted by Crippen LogP contribution is 2.20. The van der Waals surface area contributed by atoms with E-state index in [1.54, 1.807) is 0 Å². The predicted octanol–water partition coefficient (Wildman–Crippen LogP) is 0.396. The molecule has 1 heterocycles. The van der Waals surface area contributed by atoms with Crippen molar-refractivity contribution in [2.75, 3.05) is 26.7 Å². The van der Waals surface area contributed by atoms with Crippen LogP contribution in [0.25, 0.3) is 0 Å². The molecule has 14 heavy (non-hydrogen) atoms. The Bertz CT molecular complexity index is 204. The predicted molar refractivity (Wildman–Crippen MR) is 52.9 cm³/mol. The van der Waals surface area contributed by atoms with E-state index in [0.717, 1.165) is 32.4 Å². The molecule has 0 radical (unpaired) electrons. The number of aliphatic hydroxyl groups is 1. The second-order valence-electron chi connectivity index (χ2n) is 4.20. The van der Waals surface area contributed by atoms with Gasteiger partial charge in [-0.3, -0.25) is 9.69 Å². The van der Waals surface area contributed by atoms with E-state index < -0.39 is 5.60 Å². The van der Waals surface area contributed by atoms with Gasteiger partial charge < -0.3 is 9.84 Å². The Hall–Kier alpha value is -0.610. The number of esters is 1. The van der Waals surface area contributed by atoms with Gasteiger partial charge >= 0.3 is 5.97 Å². The first kappa shape index (κ1) is 11.5. The van der Waals surface area contributed by atoms with Crippen LogP contribution in [0.4, 0.5) is 0 Å². The third kappa shape index (κ3) is 3.64. The number of hydrogen-bond donors (Lipinski definition) is 1. The Morgan fingerprint density at radius 3 is 2.86 bits per heavy atom. The minimum absolute atomic E-state index is 0.202. The summed E-state index contributed by atoms with van der Waals surface area (Å²) in [5.74, 6) is -0.202. The molecule has 0 aromatic rings. The summed E-state index contributed by atoms with van der Waals surface area (Å²) in [4.78, 5) is 13.1. The fraction of sp³-hybridized carbons (Fsp3) is 0.900. The first-order chi connectivity index (χ1) is 6.53. The number of nitrogens with zero attached hydrogens (tertiary/aromatic N) is 1. The highest BCUT2D eigenvalue weighted by Gasteiger charge is 2.25. The molecular formula is C10H19NO3. The first-order valence-electron chi connectivity index (χ1n) is 5.05. The monoisotopic (exact) mass is 201 g/mol. The van der Waals surface area contributed by atoms with Gasteiger partial charge in [0.05, 0.1) is 19.3 Å². The Labute approximate surface area is 84.8 Å². The molecule has 1 N–H and O–H groups in total. The van der Waals surface area contributed by atoms with E-state index >= 15 is 0 Å². The number of rotatable bonds is 2. The van der Waals surface area contributed by atoms with E-state index in [1.807, 2.05) is 11.8 Å². The normalized spacial score (nSPS) is 29.6. The zero-order valence-electron chi connectivity index (χ0n) is 8.95. The lowest BCUT2D eigenvalue weighted by atomic mass is 9.98. The van der Waals surface area contributed by atoms with Crippen molar-refractivity contribution in [2.24, 2.45) is 0 Å². The minimum atomic E-state index is -0.565. The maximum absolute atomic E-state index is 11.0. The molecule has 0 aliphatic carbocycles. The fourth-order valence-electron chi connectivity index (χ4n) is 1.72. The van der Waals surface area contributed by atoms with Gasteiger partial charge in [0.1, 0.15) is 0 Å². The van der Waals surface area contributed by atoms with Crippen LogP contribution in [0.3, 0.4) is 0 Å². The SMILES string of the molecule is COC(=O)CN1CCCC(C)(O)CC1. The van der Waals surface area contributed by atoms with E-state index in [9.17, 15) is 9.90 Å². The lowest BCUT2D eigenvalue weighted by Crippen LogP contribution is -2.33. The van der Waals surface area contributed by atoms with Gasteiger partial charge in [-0.05, 0) is 32.7 Å². The number of carbonyl (C=O) groups excluding carboxylic acids is 1. The molecule has 4 heteroatoms. The van der Waals surface area contributed by atoms with Gasteiger partial charge in [-0.2, -0.15) is 0 Å². The van der Waals surface area contributed by atoms with Crippen LogP contribution in [0.1, 0.15) is 26.2 Å². The maximum Gasteiger partial charge on any atom is 0.319 e. The zero-order chi connectivity index (χ0) is 10.6. The molecule has 0 bridgehead atoms. The largest absolute Gasteiger partial charge is 0.468 e. The molecule has 1 aliphatic rings. The number of likely N-dealkylation sites (tertiary alicyclic amines) is 1. The quantitative estimate of drug-likeness (QED) is 0.657. The molecule has 0 spiro atoms. The van der Waals surface area contributed by atoms with Crippen LogP contribution >= 0.6 is 0 Å². The summed E-state index contributed by atoms with van der Waals surface area (Å²) in [5.41, 5.74) is -0.565. The van der Waals surface area contributed by atoms with Crippen LogP contribution in [-0.4, -0.2) is 48.3 Å². The standard InChI is InChI=1S/C10H19NO3/c1-10(13)4-3-6-11(7-5-10)8-9(12)14-2/h13H,3-8H2,1-2H3. The summed E-state index contributed by atoms with van der Waals surface area (Å²) in [6.45, 7) is 3.83. The molecular weight excluding hydrogens is 182 g/mol. The summed E-state index contributed by atoms with van der Waals surface area (Å²) in [5, 5.41) is 9.82. The van der Waals surface area contributed by atoms with E-state index in [4.69, 9.17) is 0 Å². The van der Waals surface area contributed by atoms with Crippen molar-refractivity contribution in [1.29, 1.82) is 0 Å². The molecule has 1 unspecified atom stereocenters. The lowest BCUT2D eigenvalue weighted by Gasteiger charge is -2.21. The molecule has 4 nitrogen and oxygen atoms in total. The summed E-state index contributed by atoms with van der Waals surface area (Å²) in [6.07, 6.45) is 2.47. The topological polar surface area (TPSA) is 49.8 Å². The molecule has 1 saturated heterocycles. The van der Waals surface area contributed by atoms with Crippen molar-refractivity contribution in [3.8, 4) is 0 Å². The Kier molecular flexibility index (Phi) is 3.89. The van der Waals surface area contributed by atoms with Gasteiger partial charge in [0, 0.05) is 6.54 Å². The number of methoxy groups -OCH3 is 1. The number of carbonyl (C=O) groups is 1. The van der Waals surface area contributed by atoms with Crippen molar-refractivity contribution in [3.63, 3.8) is 0 Å². The summed E-state index contributed by atoms with van der Waals surface area (Å²) >= 11 is 0. The second kappa shape index (κ2) is 4.75. The molecule has 1 aliphatic heterocycles. The third-order valence-electron chi connectivity index (χ3n) is 2.74. The fourth-order valence-corrected chi connectivity index (χ4v) is 1.72. The molecule has 0 amide bonds. The summed E-state index contributed by atoms with van der Waals surface area (Å²) < 4.78 is 4.60. The Morgan fingerprint density at radius 1 is 1.50 bits per heavy atom. The lowest BCUT2D eigenvalue weighted by molar-refractivity contribution is -0.141. The first-order valence-corrected chi connectivity index (χ1v) is 5.05. The van der Waals surface area contributed by atoms with Gasteiger partial charge in [-0.1, -0.05) is 0 Å². The summed E-state index contributed by atoms with van der Waals surface area (Å²) in [6, 6.07) is 0. The molecule has 0 saturated carbocycles. The molecule has 1 atom stereocenters. The van der Waals surface area contributed by atoms with Gasteiger partial charge in [-0.25, -0.2) is 0 Å². The smallest absolute Gasteiger partial charge is 0.319 e. The molecule has 82 valence electrons. The summed E-state index contributed by atoms with van der Waals surface area (Å²) in [7, 11) is 1.40. The van der Waals surface area contributed by atoms with Crippen molar-refractivity contribution >= 4 is 5.97 Å². The second-order valence-corrected chi connectivity index (χ2v) is 4.20. The highest BCUT2D eigenvalue weighted by molar-refractivity contribution is 5.71. The van der Waals surface area contributed by atoms with Crippen LogP contribution in [0.15, 0.2) is 0 Å². The van der Waals surface area contributed by atoms with Crippen LogP contribution in [0, 0.1) is 0 Å². The Morgan fingerprint density at radius 2 is 2.21 bits per heavy atom. The number of ether oxygens (including phenoxy) is 1. The highest BCUT2D eigenvalue weighted by atomic mass is 16.5. The van der Waals surface area contributed by atoms with Gasteiger partial charge in [0.15, 0.2) is 0 Å². The average Bonchev–Trinajstić information content (AvgIpc) is 2.28. The molecule has 0 aromatic carbocycles. The van der Waals surface area contributed by atoms with Crippen molar-refractivity contribution in [1.82, 2.24) is 4.90 Å². The average molecular weight is 201 g/mol. The van der Waals surface area contributed by atoms with E-state index in [-0.39, 0.29) is 5.97 Å². The van der Waals surface area contributed by atoms with Gasteiger partial charge in [0.2, 0.25) is 0 Å². The van der Waals surface area contributed by atoms with Crippen molar-refractivity contribution < 1.29 is 14.6 Å². The third-order valence-corrected chi connectivity index (χ3v) is 2.74. The van der Waals surface area contributed by atoms with E-state index in [2.05, 4.69) is 4.74 Å². The van der Waals surface area contributed by atoms with Crippen LogP contribution in [0.5, 0.6) is 0 Å². The van der Waals surface area contributed by atoms with E-state index in [0.29, 0.717) is 6.54 Å². The van der Waals surface area contributed by atoms with Crippen LogP contribution in [-0.2, 0) is 9.53 Å². The Balaban J connectivity index is 2.38. The molecule has 0 aromatic heterocycles. The number of hydrogen-bond acceptors (Lipinski definition) is 4. The molecule has 1 fully saturated rings. The maximum atomic E-state index is 11.0. The van der Waals surface area contributed by atoms with Crippen molar-refractivity contribution in [2.45, 2.75) is 31.8 Å². The van der Waals surface area contributed by atoms with Gasteiger partial charge in [0.25, 0.3) is 0 Å². The minimum Gasteiger partial charge on any atom is -0.468 e. The van der Waals surface area contributed by atoms with Crippen molar-refractivity contribution in [3.05, 3.63) is 0 Å².